The summed E-state index contributed by atoms with van der Waals surface area (Å²) >= 11 is 1.88. The van der Waals surface area contributed by atoms with Crippen LogP contribution in [0.2, 0.25) is 0 Å². The Morgan fingerprint density at radius 1 is 0.308 bits per heavy atom. The lowest BCUT2D eigenvalue weighted by Gasteiger charge is -2.40. The Balaban J connectivity index is 0.793. The minimum absolute atomic E-state index is 0.165. The summed E-state index contributed by atoms with van der Waals surface area (Å²) in [6.45, 7) is -0.499. The molecule has 0 N–H and O–H groups in total. The van der Waals surface area contributed by atoms with Crippen LogP contribution in [0.3, 0.4) is 0 Å². The van der Waals surface area contributed by atoms with E-state index in [4.69, 9.17) is 18.3 Å². The highest BCUT2D eigenvalue weighted by Crippen LogP contribution is 2.53. The fourth-order valence-electron chi connectivity index (χ4n) is 16.2. The highest BCUT2D eigenvalue weighted by molar-refractivity contribution is 7.33. The van der Waals surface area contributed by atoms with Crippen LogP contribution in [0.5, 0.6) is 23.0 Å². The molecule has 0 amide bonds. The Labute approximate surface area is 528 Å². The Kier molecular flexibility index (Phi) is 10.2. The van der Waals surface area contributed by atoms with Crippen molar-refractivity contribution < 1.29 is 18.3 Å². The highest BCUT2D eigenvalue weighted by Gasteiger charge is 2.49. The summed E-state index contributed by atoms with van der Waals surface area (Å²) in [5.41, 5.74) is 26.0. The van der Waals surface area contributed by atoms with Crippen molar-refractivity contribution in [1.29, 1.82) is 0 Å². The van der Waals surface area contributed by atoms with E-state index in [-0.39, 0.29) is 13.4 Å². The molecule has 91 heavy (non-hydrogen) atoms. The van der Waals surface area contributed by atoms with E-state index in [0.717, 1.165) is 149 Å². The molecule has 0 fully saturated rings. The topological polar surface area (TPSA) is 57.7 Å². The van der Waals surface area contributed by atoms with Gasteiger partial charge in [-0.3, -0.25) is 0 Å². The molecule has 12 aromatic carbocycles. The zero-order valence-corrected chi connectivity index (χ0v) is 49.9. The molecule has 8 nitrogen and oxygen atoms in total. The highest BCUT2D eigenvalue weighted by atomic mass is 32.1. The molecule has 6 aliphatic heterocycles. The molecule has 3 aromatic heterocycles. The van der Waals surface area contributed by atoms with E-state index in [1.165, 1.54) is 65.6 Å². The number of thiophene rings is 1. The van der Waals surface area contributed by atoms with E-state index in [2.05, 4.69) is 274 Å². The van der Waals surface area contributed by atoms with Crippen molar-refractivity contribution in [3.05, 3.63) is 277 Å². The molecule has 11 heteroatoms. The predicted molar refractivity (Wildman–Crippen MR) is 375 cm³/mol. The molecule has 0 aliphatic carbocycles. The van der Waals surface area contributed by atoms with Gasteiger partial charge in [-0.25, -0.2) is 0 Å². The Hall–Kier alpha value is -11.1. The molecule has 0 saturated heterocycles. The number of benzene rings is 12. The Morgan fingerprint density at radius 2 is 0.747 bits per heavy atom. The summed E-state index contributed by atoms with van der Waals surface area (Å²) < 4.78 is 31.9. The van der Waals surface area contributed by atoms with Gasteiger partial charge >= 0.3 is 6.71 Å². The summed E-state index contributed by atoms with van der Waals surface area (Å²) in [5, 5.41) is 4.28. The molecule has 0 unspecified atom stereocenters. The van der Waals surface area contributed by atoms with Crippen molar-refractivity contribution in [3.8, 4) is 23.0 Å². The second kappa shape index (κ2) is 18.7. The quantitative estimate of drug-likeness (QED) is 0.162. The largest absolute Gasteiger partial charge is 0.468 e. The Bertz CT molecular complexity index is 5200. The molecular formula is C80H50B2N4O4S. The number of para-hydroxylation sites is 7. The van der Waals surface area contributed by atoms with Crippen molar-refractivity contribution in [2.45, 2.75) is 25.7 Å². The number of furan rings is 2. The van der Waals surface area contributed by atoms with Gasteiger partial charge in [0.2, 0.25) is 0 Å². The first-order valence-corrected chi connectivity index (χ1v) is 32.3. The standard InChI is InChI=1S/C80H50B2N4O4S/c1-3-23-51(24-4-1)85-65-39-53(83-61-29-13-7-19-47(61)35-36-48-20-8-14-30-62(48)83)41-72-75(65)81(79-77(85)55-27-11-17-33-67(55)90-79)59-43-57-58-44-60-71(46-69(58)87-68(57)45-70(59)88-72)89-73-42-54(84-63-31-15-9-21-49(63)37-38-50-22-10-16-32-64(50)84)40-66-76(73)82(60)80-78(56-28-12-18-34-74(56)91-80)86(66)52-25-5-2-6-26-52/h1-34,39-46H,35-38H2. The van der Waals surface area contributed by atoms with Gasteiger partial charge in [-0.1, -0.05) is 152 Å². The zero-order chi connectivity index (χ0) is 59.2. The molecule has 15 aromatic rings. The smallest absolute Gasteiger partial charge is 0.301 e. The zero-order valence-electron chi connectivity index (χ0n) is 49.1. The SMILES string of the molecule is c1ccc(N2c3cc(N4c5ccccc5CCc5ccccc54)cc4c3B(c3cc5c(cc3O4)oc3cc4c(cc35)B3c5sc6ccccc6c5N(c5ccccc5)c5cc(N6c7ccccc7CCc7ccccc76)cc(c53)O4)c3oc4ccccc4c32)cc1. The number of rotatable bonds is 4. The maximum Gasteiger partial charge on any atom is 0.301 e. The van der Waals surface area contributed by atoms with E-state index >= 15 is 0 Å². The van der Waals surface area contributed by atoms with E-state index in [1.54, 1.807) is 0 Å². The summed E-state index contributed by atoms with van der Waals surface area (Å²) in [4.78, 5) is 9.83. The summed E-state index contributed by atoms with van der Waals surface area (Å²) in [5.74, 6) is 3.12. The van der Waals surface area contributed by atoms with E-state index in [0.29, 0.717) is 0 Å². The molecular weight excluding hydrogens is 1130 g/mol. The van der Waals surface area contributed by atoms with Gasteiger partial charge in [0.25, 0.3) is 6.71 Å². The van der Waals surface area contributed by atoms with Crippen LogP contribution in [0.1, 0.15) is 22.3 Å². The summed E-state index contributed by atoms with van der Waals surface area (Å²) in [6, 6.07) is 92.9. The predicted octanol–water partition coefficient (Wildman–Crippen LogP) is 17.5. The second-order valence-electron chi connectivity index (χ2n) is 24.8. The molecule has 0 spiro atoms. The lowest BCUT2D eigenvalue weighted by atomic mass is 9.36. The van der Waals surface area contributed by atoms with Crippen molar-refractivity contribution in [1.82, 2.24) is 0 Å². The van der Waals surface area contributed by atoms with Gasteiger partial charge in [0.1, 0.15) is 39.7 Å². The maximum atomic E-state index is 7.51. The summed E-state index contributed by atoms with van der Waals surface area (Å²) in [6.07, 6.45) is 3.77. The monoisotopic (exact) mass is 1180 g/mol. The summed E-state index contributed by atoms with van der Waals surface area (Å²) in [7, 11) is 0. The number of fused-ring (bicyclic) bond motifs is 19. The minimum Gasteiger partial charge on any atom is -0.468 e. The average molecular weight is 1180 g/mol. The number of nitrogens with zero attached hydrogens (tertiary/aromatic N) is 4. The van der Waals surface area contributed by atoms with Crippen LogP contribution in [-0.2, 0) is 25.7 Å². The lowest BCUT2D eigenvalue weighted by Crippen LogP contribution is -2.59. The van der Waals surface area contributed by atoms with Crippen LogP contribution in [0.15, 0.2) is 264 Å². The van der Waals surface area contributed by atoms with Gasteiger partial charge < -0.3 is 37.9 Å². The van der Waals surface area contributed by atoms with Crippen LogP contribution in [0.4, 0.5) is 68.2 Å². The second-order valence-corrected chi connectivity index (χ2v) is 25.9. The van der Waals surface area contributed by atoms with Gasteiger partial charge in [0, 0.05) is 106 Å². The first kappa shape index (κ1) is 49.8. The first-order valence-electron chi connectivity index (χ1n) is 31.5. The molecule has 426 valence electrons. The number of hydrogen-bond acceptors (Lipinski definition) is 9. The van der Waals surface area contributed by atoms with Crippen molar-refractivity contribution in [2.24, 2.45) is 0 Å². The fourth-order valence-corrected chi connectivity index (χ4v) is 17.5. The average Bonchev–Trinajstić information content (AvgIpc) is 1.68. The van der Waals surface area contributed by atoms with Crippen LogP contribution in [-0.4, -0.2) is 13.4 Å². The number of aryl methyl sites for hydroxylation is 4. The van der Waals surface area contributed by atoms with Crippen LogP contribution in [0, 0.1) is 0 Å². The fraction of sp³-hybridized carbons (Fsp3) is 0.0500. The van der Waals surface area contributed by atoms with Crippen LogP contribution in [0.25, 0.3) is 43.0 Å². The van der Waals surface area contributed by atoms with Gasteiger partial charge in [0.15, 0.2) is 0 Å². The number of anilines is 12. The molecule has 6 aliphatic rings. The normalized spacial score (nSPS) is 14.5. The van der Waals surface area contributed by atoms with Crippen LogP contribution < -0.4 is 61.4 Å². The van der Waals surface area contributed by atoms with Gasteiger partial charge in [-0.05, 0) is 143 Å². The first-order chi connectivity index (χ1) is 45.1. The third-order valence-corrected chi connectivity index (χ3v) is 21.3. The molecule has 0 saturated carbocycles. The van der Waals surface area contributed by atoms with Crippen molar-refractivity contribution in [3.63, 3.8) is 0 Å². The third kappa shape index (κ3) is 7.06. The minimum atomic E-state index is -0.334. The number of ether oxygens (including phenoxy) is 2. The Morgan fingerprint density at radius 3 is 1.29 bits per heavy atom. The van der Waals surface area contributed by atoms with E-state index in [9.17, 15) is 0 Å². The van der Waals surface area contributed by atoms with Crippen LogP contribution >= 0.6 is 11.3 Å². The van der Waals surface area contributed by atoms with Gasteiger partial charge in [-0.15, -0.1) is 11.3 Å². The van der Waals surface area contributed by atoms with Crippen molar-refractivity contribution in [2.75, 3.05) is 19.6 Å². The molecule has 0 atom stereocenters. The number of hydrogen-bond donors (Lipinski definition) is 0. The molecule has 9 heterocycles. The molecule has 0 bridgehead atoms. The van der Waals surface area contributed by atoms with Gasteiger partial charge in [0.05, 0.1) is 28.4 Å². The molecule has 21 rings (SSSR count). The van der Waals surface area contributed by atoms with Gasteiger partial charge in [-0.2, -0.15) is 0 Å². The lowest BCUT2D eigenvalue weighted by molar-refractivity contribution is 0.486. The van der Waals surface area contributed by atoms with E-state index in [1.807, 2.05) is 11.3 Å². The van der Waals surface area contributed by atoms with Crippen molar-refractivity contribution >= 4 is 168 Å². The van der Waals surface area contributed by atoms with E-state index < -0.39 is 0 Å². The maximum absolute atomic E-state index is 7.51. The molecule has 0 radical (unpaired) electrons. The third-order valence-electron chi connectivity index (χ3n) is 20.0.